The zero-order valence-electron chi connectivity index (χ0n) is 15.2. The molecule has 0 N–H and O–H groups in total. The maximum Gasteiger partial charge on any atom is 0.248 e. The number of rotatable bonds is 8. The van der Waals surface area contributed by atoms with E-state index in [9.17, 15) is 4.79 Å². The van der Waals surface area contributed by atoms with Crippen molar-refractivity contribution in [3.63, 3.8) is 0 Å². The summed E-state index contributed by atoms with van der Waals surface area (Å²) < 4.78 is 10.1. The first-order valence-electron chi connectivity index (χ1n) is 8.70. The second-order valence-electron chi connectivity index (χ2n) is 6.61. The van der Waals surface area contributed by atoms with Crippen LogP contribution in [0.5, 0.6) is 5.75 Å². The normalized spacial score (nSPS) is 18.4. The van der Waals surface area contributed by atoms with E-state index in [2.05, 4.69) is 17.0 Å². The molecule has 1 aliphatic heterocycles. The molecular weight excluding hydrogens is 304 g/mol. The average molecular weight is 334 g/mol. The van der Waals surface area contributed by atoms with Crippen LogP contribution < -0.4 is 4.74 Å². The number of benzene rings is 1. The minimum atomic E-state index is 0.0628. The SMILES string of the molecule is COCC(=O)N(C)C[C@@H]1CCCN(CCc2ccc(OC)cc2)C1. The maximum atomic E-state index is 11.8. The van der Waals surface area contributed by atoms with Gasteiger partial charge in [0.25, 0.3) is 0 Å². The van der Waals surface area contributed by atoms with Crippen LogP contribution in [0.4, 0.5) is 0 Å². The molecule has 0 radical (unpaired) electrons. The van der Waals surface area contributed by atoms with Gasteiger partial charge in [-0.3, -0.25) is 4.79 Å². The molecule has 1 fully saturated rings. The van der Waals surface area contributed by atoms with E-state index in [1.165, 1.54) is 18.4 Å². The van der Waals surface area contributed by atoms with Crippen LogP contribution in [0.2, 0.25) is 0 Å². The fourth-order valence-corrected chi connectivity index (χ4v) is 3.31. The largest absolute Gasteiger partial charge is 0.497 e. The van der Waals surface area contributed by atoms with Gasteiger partial charge in [0.1, 0.15) is 12.4 Å². The Kier molecular flexibility index (Phi) is 7.53. The van der Waals surface area contributed by atoms with E-state index in [1.807, 2.05) is 19.2 Å². The Balaban J connectivity index is 1.76. The van der Waals surface area contributed by atoms with Crippen LogP contribution in [0.1, 0.15) is 18.4 Å². The lowest BCUT2D eigenvalue weighted by Gasteiger charge is -2.34. The number of likely N-dealkylation sites (N-methyl/N-ethyl adjacent to an activating group) is 1. The first-order valence-corrected chi connectivity index (χ1v) is 8.70. The summed E-state index contributed by atoms with van der Waals surface area (Å²) in [5.41, 5.74) is 1.34. The van der Waals surface area contributed by atoms with Crippen LogP contribution in [0.25, 0.3) is 0 Å². The molecule has 0 aromatic heterocycles. The quantitative estimate of drug-likeness (QED) is 0.730. The van der Waals surface area contributed by atoms with Crippen molar-refractivity contribution in [2.75, 3.05) is 54.1 Å². The molecule has 1 aromatic carbocycles. The summed E-state index contributed by atoms with van der Waals surface area (Å²) in [5, 5.41) is 0. The van der Waals surface area contributed by atoms with Crippen molar-refractivity contribution in [2.45, 2.75) is 19.3 Å². The van der Waals surface area contributed by atoms with Crippen molar-refractivity contribution >= 4 is 5.91 Å². The summed E-state index contributed by atoms with van der Waals surface area (Å²) in [4.78, 5) is 16.2. The number of nitrogens with zero attached hydrogens (tertiary/aromatic N) is 2. The summed E-state index contributed by atoms with van der Waals surface area (Å²) in [6, 6.07) is 8.31. The highest BCUT2D eigenvalue weighted by atomic mass is 16.5. The van der Waals surface area contributed by atoms with Crippen LogP contribution in [0.3, 0.4) is 0 Å². The third-order valence-corrected chi connectivity index (χ3v) is 4.70. The molecule has 5 heteroatoms. The molecule has 0 unspecified atom stereocenters. The van der Waals surface area contributed by atoms with Gasteiger partial charge >= 0.3 is 0 Å². The number of carbonyl (C=O) groups is 1. The number of hydrogen-bond donors (Lipinski definition) is 0. The van der Waals surface area contributed by atoms with Gasteiger partial charge in [-0.05, 0) is 49.4 Å². The standard InChI is InChI=1S/C19H30N2O3/c1-20(19(22)15-23-2)13-17-5-4-11-21(14-17)12-10-16-6-8-18(24-3)9-7-16/h6-9,17H,4-5,10-15H2,1-3H3/t17-/m0/s1. The second kappa shape index (κ2) is 9.64. The minimum Gasteiger partial charge on any atom is -0.497 e. The van der Waals surface area contributed by atoms with Crippen LogP contribution in [0.15, 0.2) is 24.3 Å². The van der Waals surface area contributed by atoms with Crippen LogP contribution in [-0.2, 0) is 16.0 Å². The first-order chi connectivity index (χ1) is 11.6. The molecule has 0 saturated carbocycles. The lowest BCUT2D eigenvalue weighted by Crippen LogP contribution is -2.42. The van der Waals surface area contributed by atoms with Crippen LogP contribution in [-0.4, -0.2) is 69.8 Å². The van der Waals surface area contributed by atoms with Gasteiger partial charge in [0.05, 0.1) is 7.11 Å². The van der Waals surface area contributed by atoms with Gasteiger partial charge in [-0.1, -0.05) is 12.1 Å². The number of carbonyl (C=O) groups excluding carboxylic acids is 1. The molecule has 1 heterocycles. The highest BCUT2D eigenvalue weighted by Gasteiger charge is 2.22. The molecule has 2 rings (SSSR count). The van der Waals surface area contributed by atoms with Crippen molar-refractivity contribution in [1.82, 2.24) is 9.80 Å². The number of ether oxygens (including phenoxy) is 2. The fourth-order valence-electron chi connectivity index (χ4n) is 3.31. The minimum absolute atomic E-state index is 0.0628. The maximum absolute atomic E-state index is 11.8. The topological polar surface area (TPSA) is 42.0 Å². The Labute approximate surface area is 145 Å². The van der Waals surface area contributed by atoms with Crippen molar-refractivity contribution in [3.05, 3.63) is 29.8 Å². The summed E-state index contributed by atoms with van der Waals surface area (Å²) >= 11 is 0. The zero-order chi connectivity index (χ0) is 17.4. The van der Waals surface area contributed by atoms with E-state index in [4.69, 9.17) is 9.47 Å². The van der Waals surface area contributed by atoms with Gasteiger partial charge in [0.15, 0.2) is 0 Å². The molecule has 0 spiro atoms. The highest BCUT2D eigenvalue weighted by molar-refractivity contribution is 5.77. The monoisotopic (exact) mass is 334 g/mol. The molecule has 0 bridgehead atoms. The number of methoxy groups -OCH3 is 2. The summed E-state index contributed by atoms with van der Waals surface area (Å²) in [5.74, 6) is 1.52. The van der Waals surface area contributed by atoms with Crippen molar-refractivity contribution < 1.29 is 14.3 Å². The summed E-state index contributed by atoms with van der Waals surface area (Å²) in [6.45, 7) is 4.29. The Morgan fingerprint density at radius 2 is 2.04 bits per heavy atom. The molecule has 134 valence electrons. The molecule has 24 heavy (non-hydrogen) atoms. The first kappa shape index (κ1) is 18.7. The predicted molar refractivity (Wildman–Crippen MR) is 95.4 cm³/mol. The van der Waals surface area contributed by atoms with Crippen molar-refractivity contribution in [2.24, 2.45) is 5.92 Å². The lowest BCUT2D eigenvalue weighted by atomic mass is 9.97. The third kappa shape index (κ3) is 5.80. The van der Waals surface area contributed by atoms with Gasteiger partial charge in [0, 0.05) is 33.8 Å². The average Bonchev–Trinajstić information content (AvgIpc) is 2.61. The number of amides is 1. The van der Waals surface area contributed by atoms with E-state index in [0.717, 1.165) is 38.3 Å². The van der Waals surface area contributed by atoms with Gasteiger partial charge in [-0.2, -0.15) is 0 Å². The Morgan fingerprint density at radius 1 is 1.29 bits per heavy atom. The van der Waals surface area contributed by atoms with Gasteiger partial charge in [-0.25, -0.2) is 0 Å². The zero-order valence-corrected chi connectivity index (χ0v) is 15.2. The molecule has 0 aliphatic carbocycles. The van der Waals surface area contributed by atoms with E-state index < -0.39 is 0 Å². The van der Waals surface area contributed by atoms with Gasteiger partial charge < -0.3 is 19.3 Å². The highest BCUT2D eigenvalue weighted by Crippen LogP contribution is 2.18. The fraction of sp³-hybridized carbons (Fsp3) is 0.632. The van der Waals surface area contributed by atoms with Gasteiger partial charge in [0.2, 0.25) is 5.91 Å². The molecule has 1 aromatic rings. The molecular formula is C19H30N2O3. The number of likely N-dealkylation sites (tertiary alicyclic amines) is 1. The van der Waals surface area contributed by atoms with E-state index in [1.54, 1.807) is 19.1 Å². The Hall–Kier alpha value is -1.59. The summed E-state index contributed by atoms with van der Waals surface area (Å²) in [7, 11) is 5.13. The summed E-state index contributed by atoms with van der Waals surface area (Å²) in [6.07, 6.45) is 3.46. The van der Waals surface area contributed by atoms with E-state index in [0.29, 0.717) is 5.92 Å². The Morgan fingerprint density at radius 3 is 2.71 bits per heavy atom. The van der Waals surface area contributed by atoms with Crippen LogP contribution >= 0.6 is 0 Å². The van der Waals surface area contributed by atoms with Crippen molar-refractivity contribution in [3.8, 4) is 5.75 Å². The molecule has 1 amide bonds. The number of piperidine rings is 1. The molecule has 1 aliphatic rings. The lowest BCUT2D eigenvalue weighted by molar-refractivity contribution is -0.134. The Bertz CT molecular complexity index is 504. The van der Waals surface area contributed by atoms with Gasteiger partial charge in [-0.15, -0.1) is 0 Å². The van der Waals surface area contributed by atoms with Crippen LogP contribution in [0, 0.1) is 5.92 Å². The third-order valence-electron chi connectivity index (χ3n) is 4.70. The predicted octanol–water partition coefficient (Wildman–Crippen LogP) is 2.05. The second-order valence-corrected chi connectivity index (χ2v) is 6.61. The molecule has 1 saturated heterocycles. The molecule has 1 atom stereocenters. The number of hydrogen-bond acceptors (Lipinski definition) is 4. The van der Waals surface area contributed by atoms with Crippen molar-refractivity contribution in [1.29, 1.82) is 0 Å². The van der Waals surface area contributed by atoms with E-state index in [-0.39, 0.29) is 12.5 Å². The van der Waals surface area contributed by atoms with E-state index >= 15 is 0 Å². The molecule has 5 nitrogen and oxygen atoms in total. The smallest absolute Gasteiger partial charge is 0.248 e.